The average molecular weight is 221 g/mol. The molecule has 2 nitrogen and oxygen atoms in total. The summed E-state index contributed by atoms with van der Waals surface area (Å²) in [4.78, 5) is 0. The molecule has 1 N–H and O–H groups in total. The quantitative estimate of drug-likeness (QED) is 0.589. The van der Waals surface area contributed by atoms with Crippen molar-refractivity contribution in [2.24, 2.45) is 0 Å². The van der Waals surface area contributed by atoms with E-state index in [1.165, 1.54) is 16.7 Å². The highest BCUT2D eigenvalue weighted by molar-refractivity contribution is 5.32. The Hall–Kier alpha value is -0.860. The molecule has 1 rings (SSSR count). The summed E-state index contributed by atoms with van der Waals surface area (Å²) in [5.41, 5.74) is 4.24. The van der Waals surface area contributed by atoms with Crippen molar-refractivity contribution in [3.8, 4) is 0 Å². The van der Waals surface area contributed by atoms with Gasteiger partial charge in [-0.25, -0.2) is 0 Å². The SMILES string of the molecule is COCNCCc1cc(C(C)C)ccc1C. The highest BCUT2D eigenvalue weighted by Crippen LogP contribution is 2.18. The number of rotatable bonds is 6. The van der Waals surface area contributed by atoms with Crippen LogP contribution in [0.25, 0.3) is 0 Å². The maximum atomic E-state index is 4.96. The Labute approximate surface area is 99.0 Å². The monoisotopic (exact) mass is 221 g/mol. The van der Waals surface area contributed by atoms with Gasteiger partial charge in [-0.2, -0.15) is 0 Å². The molecule has 0 heterocycles. The van der Waals surface area contributed by atoms with Crippen LogP contribution in [-0.2, 0) is 11.2 Å². The van der Waals surface area contributed by atoms with E-state index in [2.05, 4.69) is 44.3 Å². The van der Waals surface area contributed by atoms with E-state index in [9.17, 15) is 0 Å². The van der Waals surface area contributed by atoms with Gasteiger partial charge in [-0.15, -0.1) is 0 Å². The number of methoxy groups -OCH3 is 1. The van der Waals surface area contributed by atoms with E-state index in [-0.39, 0.29) is 0 Å². The van der Waals surface area contributed by atoms with Gasteiger partial charge in [0.1, 0.15) is 0 Å². The Morgan fingerprint density at radius 1 is 1.31 bits per heavy atom. The van der Waals surface area contributed by atoms with Gasteiger partial charge in [0.05, 0.1) is 6.73 Å². The molecular formula is C14H23NO. The molecule has 0 aliphatic heterocycles. The molecule has 0 amide bonds. The van der Waals surface area contributed by atoms with Crippen molar-refractivity contribution in [2.45, 2.75) is 33.1 Å². The summed E-state index contributed by atoms with van der Waals surface area (Å²) in [5.74, 6) is 0.603. The second kappa shape index (κ2) is 6.66. The number of benzene rings is 1. The summed E-state index contributed by atoms with van der Waals surface area (Å²) in [7, 11) is 1.71. The first-order chi connectivity index (χ1) is 7.65. The van der Waals surface area contributed by atoms with Crippen LogP contribution in [0.4, 0.5) is 0 Å². The molecule has 0 saturated heterocycles. The fourth-order valence-corrected chi connectivity index (χ4v) is 1.72. The Bertz CT molecular complexity index is 321. The minimum absolute atomic E-state index is 0.603. The molecule has 0 aliphatic carbocycles. The summed E-state index contributed by atoms with van der Waals surface area (Å²) >= 11 is 0. The molecule has 90 valence electrons. The van der Waals surface area contributed by atoms with Gasteiger partial charge in [0.15, 0.2) is 0 Å². The second-order valence-corrected chi connectivity index (χ2v) is 4.52. The largest absolute Gasteiger partial charge is 0.370 e. The highest BCUT2D eigenvalue weighted by Gasteiger charge is 2.03. The number of ether oxygens (including phenoxy) is 1. The van der Waals surface area contributed by atoms with E-state index in [0.29, 0.717) is 12.6 Å². The summed E-state index contributed by atoms with van der Waals surface area (Å²) < 4.78 is 4.96. The van der Waals surface area contributed by atoms with E-state index in [0.717, 1.165) is 13.0 Å². The summed E-state index contributed by atoms with van der Waals surface area (Å²) in [6.45, 7) is 8.24. The maximum Gasteiger partial charge on any atom is 0.0961 e. The van der Waals surface area contributed by atoms with Crippen molar-refractivity contribution in [2.75, 3.05) is 20.4 Å². The minimum atomic E-state index is 0.603. The summed E-state index contributed by atoms with van der Waals surface area (Å²) in [6, 6.07) is 6.78. The molecule has 0 aromatic heterocycles. The minimum Gasteiger partial charge on any atom is -0.370 e. The predicted octanol–water partition coefficient (Wildman–Crippen LogP) is 2.85. The Balaban J connectivity index is 2.60. The maximum absolute atomic E-state index is 4.96. The predicted molar refractivity (Wildman–Crippen MR) is 68.9 cm³/mol. The zero-order valence-corrected chi connectivity index (χ0v) is 10.8. The van der Waals surface area contributed by atoms with Gasteiger partial charge in [0.2, 0.25) is 0 Å². The normalized spacial score (nSPS) is 11.1. The molecule has 0 bridgehead atoms. The lowest BCUT2D eigenvalue weighted by Gasteiger charge is -2.11. The molecule has 0 radical (unpaired) electrons. The van der Waals surface area contributed by atoms with Crippen LogP contribution in [0.2, 0.25) is 0 Å². The lowest BCUT2D eigenvalue weighted by molar-refractivity contribution is 0.176. The van der Waals surface area contributed by atoms with Gasteiger partial charge in [0, 0.05) is 13.7 Å². The van der Waals surface area contributed by atoms with Crippen molar-refractivity contribution in [3.63, 3.8) is 0 Å². The second-order valence-electron chi connectivity index (χ2n) is 4.52. The molecule has 0 atom stereocenters. The number of hydrogen-bond acceptors (Lipinski definition) is 2. The van der Waals surface area contributed by atoms with E-state index in [1.807, 2.05) is 0 Å². The molecule has 2 heteroatoms. The summed E-state index contributed by atoms with van der Waals surface area (Å²) in [5, 5.41) is 3.24. The first-order valence-corrected chi connectivity index (χ1v) is 5.94. The lowest BCUT2D eigenvalue weighted by Crippen LogP contribution is -2.19. The number of aryl methyl sites for hydroxylation is 1. The lowest BCUT2D eigenvalue weighted by atomic mass is 9.96. The van der Waals surface area contributed by atoms with Crippen LogP contribution in [0.1, 0.15) is 36.5 Å². The van der Waals surface area contributed by atoms with Crippen molar-refractivity contribution < 1.29 is 4.74 Å². The Morgan fingerprint density at radius 2 is 2.06 bits per heavy atom. The fraction of sp³-hybridized carbons (Fsp3) is 0.571. The van der Waals surface area contributed by atoms with Gasteiger partial charge < -0.3 is 4.74 Å². The molecule has 0 fully saturated rings. The Morgan fingerprint density at radius 3 is 2.69 bits per heavy atom. The standard InChI is InChI=1S/C14H23NO/c1-11(2)13-6-5-12(3)14(9-13)7-8-15-10-16-4/h5-6,9,11,15H,7-8,10H2,1-4H3. The molecule has 0 spiro atoms. The molecule has 0 saturated carbocycles. The summed E-state index contributed by atoms with van der Waals surface area (Å²) in [6.07, 6.45) is 1.07. The zero-order valence-electron chi connectivity index (χ0n) is 10.8. The van der Waals surface area contributed by atoms with Crippen LogP contribution < -0.4 is 5.32 Å². The van der Waals surface area contributed by atoms with Crippen LogP contribution in [0.15, 0.2) is 18.2 Å². The van der Waals surface area contributed by atoms with Crippen LogP contribution in [0, 0.1) is 6.92 Å². The van der Waals surface area contributed by atoms with Crippen molar-refractivity contribution >= 4 is 0 Å². The first-order valence-electron chi connectivity index (χ1n) is 5.94. The van der Waals surface area contributed by atoms with Crippen LogP contribution >= 0.6 is 0 Å². The smallest absolute Gasteiger partial charge is 0.0961 e. The van der Waals surface area contributed by atoms with Gasteiger partial charge in [-0.1, -0.05) is 32.0 Å². The van der Waals surface area contributed by atoms with Crippen molar-refractivity contribution in [1.82, 2.24) is 5.32 Å². The van der Waals surface area contributed by atoms with E-state index in [1.54, 1.807) is 7.11 Å². The third-order valence-corrected chi connectivity index (χ3v) is 2.86. The molecule has 0 unspecified atom stereocenters. The molecular weight excluding hydrogens is 198 g/mol. The molecule has 16 heavy (non-hydrogen) atoms. The van der Waals surface area contributed by atoms with E-state index < -0.39 is 0 Å². The van der Waals surface area contributed by atoms with E-state index in [4.69, 9.17) is 4.74 Å². The van der Waals surface area contributed by atoms with Crippen LogP contribution in [0.5, 0.6) is 0 Å². The van der Waals surface area contributed by atoms with Crippen LogP contribution in [0.3, 0.4) is 0 Å². The van der Waals surface area contributed by atoms with Gasteiger partial charge >= 0.3 is 0 Å². The molecule has 1 aromatic carbocycles. The van der Waals surface area contributed by atoms with Crippen molar-refractivity contribution in [3.05, 3.63) is 34.9 Å². The fourth-order valence-electron chi connectivity index (χ4n) is 1.72. The van der Waals surface area contributed by atoms with Gasteiger partial charge in [-0.3, -0.25) is 5.32 Å². The zero-order chi connectivity index (χ0) is 12.0. The number of hydrogen-bond donors (Lipinski definition) is 1. The number of nitrogens with one attached hydrogen (secondary N) is 1. The van der Waals surface area contributed by atoms with Crippen LogP contribution in [-0.4, -0.2) is 20.4 Å². The van der Waals surface area contributed by atoms with Gasteiger partial charge in [0.25, 0.3) is 0 Å². The third kappa shape index (κ3) is 3.95. The van der Waals surface area contributed by atoms with E-state index >= 15 is 0 Å². The van der Waals surface area contributed by atoms with Gasteiger partial charge in [-0.05, 0) is 36.0 Å². The Kier molecular flexibility index (Phi) is 5.50. The topological polar surface area (TPSA) is 21.3 Å². The first kappa shape index (κ1) is 13.2. The third-order valence-electron chi connectivity index (χ3n) is 2.86. The van der Waals surface area contributed by atoms with Crippen molar-refractivity contribution in [1.29, 1.82) is 0 Å². The highest BCUT2D eigenvalue weighted by atomic mass is 16.5. The molecule has 1 aromatic rings. The molecule has 0 aliphatic rings. The average Bonchev–Trinajstić information content (AvgIpc) is 2.26.